The number of aryl methyl sites for hydroxylation is 2. The topological polar surface area (TPSA) is 83.6 Å². The zero-order valence-electron chi connectivity index (χ0n) is 15.2. The number of aromatic carboxylic acids is 1. The molecule has 1 unspecified atom stereocenters. The molecular weight excluding hydrogens is 332 g/mol. The van der Waals surface area contributed by atoms with Crippen LogP contribution in [0.5, 0.6) is 0 Å². The lowest BCUT2D eigenvalue weighted by Gasteiger charge is -2.33. The second-order valence-electron chi connectivity index (χ2n) is 6.91. The number of nitrogens with zero attached hydrogens (tertiary/aromatic N) is 2. The van der Waals surface area contributed by atoms with Gasteiger partial charge in [-0.1, -0.05) is 17.3 Å². The molecule has 3 rings (SSSR count). The second kappa shape index (κ2) is 7.72. The molecule has 1 amide bonds. The van der Waals surface area contributed by atoms with Crippen molar-refractivity contribution in [3.63, 3.8) is 0 Å². The number of piperidine rings is 1. The Labute approximate surface area is 152 Å². The molecule has 2 heterocycles. The second-order valence-corrected chi connectivity index (χ2v) is 6.91. The average Bonchev–Trinajstić information content (AvgIpc) is 2.97. The van der Waals surface area contributed by atoms with E-state index in [1.54, 1.807) is 18.2 Å². The van der Waals surface area contributed by atoms with E-state index >= 15 is 0 Å². The zero-order chi connectivity index (χ0) is 18.7. The molecule has 26 heavy (non-hydrogen) atoms. The van der Waals surface area contributed by atoms with Crippen molar-refractivity contribution >= 4 is 11.9 Å². The van der Waals surface area contributed by atoms with Crippen molar-refractivity contribution in [3.8, 4) is 0 Å². The highest BCUT2D eigenvalue weighted by Gasteiger charge is 2.25. The lowest BCUT2D eigenvalue weighted by atomic mass is 9.89. The number of aromatic nitrogens is 1. The summed E-state index contributed by atoms with van der Waals surface area (Å²) < 4.78 is 5.16. The summed E-state index contributed by atoms with van der Waals surface area (Å²) in [5.74, 6) is 0.169. The van der Waals surface area contributed by atoms with Crippen LogP contribution in [0.4, 0.5) is 0 Å². The molecule has 1 saturated heterocycles. The van der Waals surface area contributed by atoms with E-state index in [1.807, 2.05) is 24.8 Å². The summed E-state index contributed by atoms with van der Waals surface area (Å²) >= 11 is 0. The highest BCUT2D eigenvalue weighted by atomic mass is 16.5. The Hall–Kier alpha value is -2.63. The third-order valence-electron chi connectivity index (χ3n) is 5.15. The van der Waals surface area contributed by atoms with Crippen LogP contribution in [0.15, 0.2) is 28.8 Å². The number of likely N-dealkylation sites (tertiary alicyclic amines) is 1. The first kappa shape index (κ1) is 18.2. The average molecular weight is 356 g/mol. The molecule has 0 spiro atoms. The SMILES string of the molecule is Cc1noc(C)c1CCC(=O)N1CCCC(c2cccc(C(=O)O)c2)C1. The zero-order valence-corrected chi connectivity index (χ0v) is 15.2. The molecule has 1 aromatic heterocycles. The Balaban J connectivity index is 1.63. The Kier molecular flexibility index (Phi) is 5.40. The highest BCUT2D eigenvalue weighted by molar-refractivity contribution is 5.87. The number of rotatable bonds is 5. The molecule has 1 aromatic carbocycles. The van der Waals surface area contributed by atoms with Crippen LogP contribution in [0, 0.1) is 13.8 Å². The standard InChI is InChI=1S/C20H24N2O4/c1-13-18(14(2)26-21-13)8-9-19(23)22-10-4-7-17(12-22)15-5-3-6-16(11-15)20(24)25/h3,5-6,11,17H,4,7-10,12H2,1-2H3,(H,24,25). The van der Waals surface area contributed by atoms with E-state index < -0.39 is 5.97 Å². The number of hydrogen-bond acceptors (Lipinski definition) is 4. The third kappa shape index (κ3) is 3.95. The van der Waals surface area contributed by atoms with Gasteiger partial charge in [-0.25, -0.2) is 4.79 Å². The molecule has 1 N–H and O–H groups in total. The van der Waals surface area contributed by atoms with Crippen molar-refractivity contribution in [3.05, 3.63) is 52.4 Å². The van der Waals surface area contributed by atoms with Gasteiger partial charge in [-0.3, -0.25) is 4.79 Å². The van der Waals surface area contributed by atoms with Crippen molar-refractivity contribution in [1.29, 1.82) is 0 Å². The van der Waals surface area contributed by atoms with E-state index in [1.165, 1.54) is 0 Å². The Bertz CT molecular complexity index is 792. The van der Waals surface area contributed by atoms with E-state index in [9.17, 15) is 14.7 Å². The van der Waals surface area contributed by atoms with E-state index in [0.717, 1.165) is 42.0 Å². The van der Waals surface area contributed by atoms with Crippen LogP contribution in [-0.2, 0) is 11.2 Å². The lowest BCUT2D eigenvalue weighted by Crippen LogP contribution is -2.39. The maximum atomic E-state index is 12.6. The molecule has 138 valence electrons. The molecule has 0 radical (unpaired) electrons. The number of carbonyl (C=O) groups is 2. The summed E-state index contributed by atoms with van der Waals surface area (Å²) in [6.07, 6.45) is 2.97. The van der Waals surface area contributed by atoms with Gasteiger partial charge in [-0.2, -0.15) is 0 Å². The fourth-order valence-corrected chi connectivity index (χ4v) is 3.65. The monoisotopic (exact) mass is 356 g/mol. The normalized spacial score (nSPS) is 17.3. The van der Waals surface area contributed by atoms with Gasteiger partial charge in [0.1, 0.15) is 5.76 Å². The molecule has 1 aliphatic rings. The molecule has 1 atom stereocenters. The minimum atomic E-state index is -0.921. The molecule has 1 fully saturated rings. The first-order valence-corrected chi connectivity index (χ1v) is 8.98. The summed E-state index contributed by atoms with van der Waals surface area (Å²) in [5.41, 5.74) is 3.15. The van der Waals surface area contributed by atoms with Crippen molar-refractivity contribution < 1.29 is 19.2 Å². The van der Waals surface area contributed by atoms with Crippen LogP contribution < -0.4 is 0 Å². The number of carboxylic acids is 1. The van der Waals surface area contributed by atoms with Crippen molar-refractivity contribution in [2.75, 3.05) is 13.1 Å². The van der Waals surface area contributed by atoms with Crippen LogP contribution in [-0.4, -0.2) is 40.1 Å². The Morgan fingerprint density at radius 1 is 1.35 bits per heavy atom. The summed E-state index contributed by atoms with van der Waals surface area (Å²) in [6.45, 7) is 5.16. The van der Waals surface area contributed by atoms with Crippen LogP contribution >= 0.6 is 0 Å². The first-order valence-electron chi connectivity index (χ1n) is 8.98. The van der Waals surface area contributed by atoms with Gasteiger partial charge in [0.2, 0.25) is 5.91 Å². The van der Waals surface area contributed by atoms with Gasteiger partial charge >= 0.3 is 5.97 Å². The van der Waals surface area contributed by atoms with Crippen LogP contribution in [0.2, 0.25) is 0 Å². The molecule has 0 saturated carbocycles. The minimum absolute atomic E-state index is 0.129. The van der Waals surface area contributed by atoms with E-state index in [-0.39, 0.29) is 11.8 Å². The number of hydrogen-bond donors (Lipinski definition) is 1. The van der Waals surface area contributed by atoms with Crippen LogP contribution in [0.3, 0.4) is 0 Å². The van der Waals surface area contributed by atoms with E-state index in [0.29, 0.717) is 24.9 Å². The Morgan fingerprint density at radius 2 is 2.15 bits per heavy atom. The van der Waals surface area contributed by atoms with Gasteiger partial charge in [0.05, 0.1) is 11.3 Å². The van der Waals surface area contributed by atoms with Gasteiger partial charge in [-0.15, -0.1) is 0 Å². The number of benzene rings is 1. The van der Waals surface area contributed by atoms with Gasteiger partial charge < -0.3 is 14.5 Å². The van der Waals surface area contributed by atoms with Crippen molar-refractivity contribution in [1.82, 2.24) is 10.1 Å². The molecule has 6 nitrogen and oxygen atoms in total. The van der Waals surface area contributed by atoms with E-state index in [4.69, 9.17) is 4.52 Å². The van der Waals surface area contributed by atoms with Crippen LogP contribution in [0.1, 0.15) is 58.1 Å². The number of carbonyl (C=O) groups excluding carboxylic acids is 1. The van der Waals surface area contributed by atoms with Gasteiger partial charge in [-0.05, 0) is 50.8 Å². The number of amides is 1. The molecular formula is C20H24N2O4. The maximum Gasteiger partial charge on any atom is 0.335 e. The molecule has 6 heteroatoms. The smallest absolute Gasteiger partial charge is 0.335 e. The lowest BCUT2D eigenvalue weighted by molar-refractivity contribution is -0.132. The third-order valence-corrected chi connectivity index (χ3v) is 5.15. The molecule has 1 aliphatic heterocycles. The Morgan fingerprint density at radius 3 is 2.85 bits per heavy atom. The largest absolute Gasteiger partial charge is 0.478 e. The predicted octanol–water partition coefficient (Wildman–Crippen LogP) is 3.33. The number of carboxylic acid groups (broad SMARTS) is 1. The van der Waals surface area contributed by atoms with Gasteiger partial charge in [0.25, 0.3) is 0 Å². The van der Waals surface area contributed by atoms with Gasteiger partial charge in [0.15, 0.2) is 0 Å². The highest BCUT2D eigenvalue weighted by Crippen LogP contribution is 2.28. The summed E-state index contributed by atoms with van der Waals surface area (Å²) in [7, 11) is 0. The summed E-state index contributed by atoms with van der Waals surface area (Å²) in [5, 5.41) is 13.1. The van der Waals surface area contributed by atoms with Gasteiger partial charge in [0, 0.05) is 31.0 Å². The summed E-state index contributed by atoms with van der Waals surface area (Å²) in [6, 6.07) is 7.05. The fraction of sp³-hybridized carbons (Fsp3) is 0.450. The molecule has 0 bridgehead atoms. The predicted molar refractivity (Wildman–Crippen MR) is 96.3 cm³/mol. The fourth-order valence-electron chi connectivity index (χ4n) is 3.65. The minimum Gasteiger partial charge on any atom is -0.478 e. The van der Waals surface area contributed by atoms with Crippen molar-refractivity contribution in [2.45, 2.75) is 45.4 Å². The maximum absolute atomic E-state index is 12.6. The summed E-state index contributed by atoms with van der Waals surface area (Å²) in [4.78, 5) is 25.7. The molecule has 0 aliphatic carbocycles. The molecule has 2 aromatic rings. The van der Waals surface area contributed by atoms with Crippen molar-refractivity contribution in [2.24, 2.45) is 0 Å². The van der Waals surface area contributed by atoms with E-state index in [2.05, 4.69) is 5.16 Å². The van der Waals surface area contributed by atoms with Crippen LogP contribution in [0.25, 0.3) is 0 Å². The first-order chi connectivity index (χ1) is 12.5. The quantitative estimate of drug-likeness (QED) is 0.888.